The van der Waals surface area contributed by atoms with E-state index in [1.807, 2.05) is 6.07 Å². The number of nitrogens with zero attached hydrogens (tertiary/aromatic N) is 2. The van der Waals surface area contributed by atoms with Crippen LogP contribution in [0.25, 0.3) is 78.3 Å². The summed E-state index contributed by atoms with van der Waals surface area (Å²) < 4.78 is 0. The predicted octanol–water partition coefficient (Wildman–Crippen LogP) is 22.1. The summed E-state index contributed by atoms with van der Waals surface area (Å²) in [6, 6.07) is 46.8. The Bertz CT molecular complexity index is 3960. The molecule has 4 aliphatic carbocycles. The molecule has 2 aromatic heterocycles. The van der Waals surface area contributed by atoms with Gasteiger partial charge in [-0.2, -0.15) is 0 Å². The van der Waals surface area contributed by atoms with Crippen molar-refractivity contribution in [3.05, 3.63) is 183 Å². The van der Waals surface area contributed by atoms with E-state index in [0.29, 0.717) is 0 Å². The first-order chi connectivity index (χ1) is 39.3. The minimum atomic E-state index is -0.226. The first-order valence-electron chi connectivity index (χ1n) is 31.8. The number of phenols is 1. The van der Waals surface area contributed by atoms with E-state index in [4.69, 9.17) is 9.97 Å². The number of pyridine rings is 2. The van der Waals surface area contributed by atoms with Crippen molar-refractivity contribution >= 4 is 0 Å². The molecule has 8 aromatic rings. The van der Waals surface area contributed by atoms with Gasteiger partial charge in [0.15, 0.2) is 0 Å². The zero-order valence-electron chi connectivity index (χ0n) is 56.0. The zero-order chi connectivity index (χ0) is 61.5. The summed E-state index contributed by atoms with van der Waals surface area (Å²) in [7, 11) is 0. The smallest absolute Gasteiger partial charge is 0.124 e. The standard InChI is InChI=1S/C82H95N2O.Pt/c1-73(2,3)54-33-34-60(85)56(43-54)59-42-53(64-71-67(77(11,12)46-81(71,19)20)62(49-31-27-24-28-32-49)68-72(64)82(21,22)47-78(68,13)14)41-58(84-59)52-37-51(38-55(39-52)74(4,5)6)57-40-50(35-36-83-57)63-69-65(75(7,8)44-79(69,15)16)61(48-29-25-23-26-30-48)66-70(63)80(17,18)45-76(66,9)10;/h23-36,38-43,85H,44-47H2,1-22H3;/q-1;. The van der Waals surface area contributed by atoms with Crippen molar-refractivity contribution < 1.29 is 26.2 Å². The summed E-state index contributed by atoms with van der Waals surface area (Å²) in [5, 5.41) is 12.2. The van der Waals surface area contributed by atoms with E-state index in [9.17, 15) is 5.11 Å². The van der Waals surface area contributed by atoms with E-state index >= 15 is 0 Å². The molecule has 4 aliphatic rings. The zero-order valence-corrected chi connectivity index (χ0v) is 58.3. The normalized spacial score (nSPS) is 19.3. The summed E-state index contributed by atoms with van der Waals surface area (Å²) in [5.41, 5.74) is 28.7. The Morgan fingerprint density at radius 3 is 1.08 bits per heavy atom. The number of aromatic nitrogens is 2. The van der Waals surface area contributed by atoms with E-state index in [-0.39, 0.29) is 81.0 Å². The number of hydrogen-bond acceptors (Lipinski definition) is 3. The number of hydrogen-bond donors (Lipinski definition) is 1. The SMILES string of the molecule is CC(C)(C)c1cc(-c2cc(-c3c4c(c(-c5ccccc5)c5c3C(C)(C)CC5(C)C)C(C)(C)CC4(C)C)ccn2)[c-]c(-c2cc(-c3c4c(c(-c5ccccc5)c5c3C(C)(C)CC5(C)C)C(C)(C)CC4(C)C)cc(-c3cc(C(C)(C)C)ccc3O)n2)c1.[Pt]. The molecule has 0 fully saturated rings. The average molecular weight is 1320 g/mol. The van der Waals surface area contributed by atoms with Gasteiger partial charge in [0.05, 0.1) is 5.69 Å². The van der Waals surface area contributed by atoms with E-state index in [1.165, 1.54) is 89.0 Å². The Labute approximate surface area is 532 Å². The second kappa shape index (κ2) is 19.8. The number of rotatable bonds is 7. The molecule has 86 heavy (non-hydrogen) atoms. The number of benzene rings is 6. The summed E-state index contributed by atoms with van der Waals surface area (Å²) in [6.07, 6.45) is 6.23. The number of aromatic hydroxyl groups is 1. The Kier molecular flexibility index (Phi) is 14.2. The van der Waals surface area contributed by atoms with Crippen molar-refractivity contribution in [2.24, 2.45) is 0 Å². The van der Waals surface area contributed by atoms with Crippen LogP contribution in [0, 0.1) is 6.07 Å². The maximum absolute atomic E-state index is 12.2. The maximum Gasteiger partial charge on any atom is 0.124 e. The topological polar surface area (TPSA) is 46.0 Å². The monoisotopic (exact) mass is 1320 g/mol. The minimum absolute atomic E-state index is 0. The molecule has 12 rings (SSSR count). The minimum Gasteiger partial charge on any atom is -0.507 e. The molecule has 0 saturated heterocycles. The van der Waals surface area contributed by atoms with E-state index in [1.54, 1.807) is 0 Å². The van der Waals surface area contributed by atoms with Crippen LogP contribution in [0.2, 0.25) is 0 Å². The second-order valence-corrected chi connectivity index (χ2v) is 34.0. The molecule has 0 spiro atoms. The maximum atomic E-state index is 12.2. The predicted molar refractivity (Wildman–Crippen MR) is 361 cm³/mol. The molecule has 0 saturated carbocycles. The van der Waals surface area contributed by atoms with Crippen LogP contribution >= 0.6 is 0 Å². The molecule has 4 heteroatoms. The average Bonchev–Trinajstić information content (AvgIpc) is 1.50. The third kappa shape index (κ3) is 9.85. The van der Waals surface area contributed by atoms with Crippen LogP contribution in [-0.2, 0) is 75.2 Å². The second-order valence-electron chi connectivity index (χ2n) is 34.0. The van der Waals surface area contributed by atoms with Crippen LogP contribution in [-0.4, -0.2) is 15.1 Å². The van der Waals surface area contributed by atoms with Crippen molar-refractivity contribution in [3.63, 3.8) is 0 Å². The fourth-order valence-corrected chi connectivity index (χ4v) is 18.6. The molecule has 3 nitrogen and oxygen atoms in total. The number of fused-ring (bicyclic) bond motifs is 4. The van der Waals surface area contributed by atoms with Gasteiger partial charge in [-0.05, 0) is 199 Å². The van der Waals surface area contributed by atoms with Gasteiger partial charge in [0.25, 0.3) is 0 Å². The van der Waals surface area contributed by atoms with Gasteiger partial charge in [-0.1, -0.05) is 242 Å². The fraction of sp³-hybridized carbons (Fsp3) is 0.439. The Morgan fingerprint density at radius 1 is 0.360 bits per heavy atom. The summed E-state index contributed by atoms with van der Waals surface area (Å²) in [5.74, 6) is 0.225. The number of phenolic OH excluding ortho intramolecular Hbond substituents is 1. The Morgan fingerprint density at radius 2 is 0.698 bits per heavy atom. The first kappa shape index (κ1) is 61.7. The van der Waals surface area contributed by atoms with Crippen LogP contribution in [0.15, 0.2) is 121 Å². The third-order valence-electron chi connectivity index (χ3n) is 20.7. The van der Waals surface area contributed by atoms with Crippen LogP contribution < -0.4 is 0 Å². The van der Waals surface area contributed by atoms with Crippen LogP contribution in [0.5, 0.6) is 5.75 Å². The fourth-order valence-electron chi connectivity index (χ4n) is 18.6. The van der Waals surface area contributed by atoms with Crippen molar-refractivity contribution in [1.29, 1.82) is 0 Å². The molecule has 0 aliphatic heterocycles. The molecule has 0 atom stereocenters. The summed E-state index contributed by atoms with van der Waals surface area (Å²) in [4.78, 5) is 11.1. The molecule has 0 amide bonds. The van der Waals surface area contributed by atoms with E-state index in [2.05, 4.69) is 274 Å². The summed E-state index contributed by atoms with van der Waals surface area (Å²) in [6.45, 7) is 53.5. The first-order valence-corrected chi connectivity index (χ1v) is 31.8. The molecule has 6 aromatic carbocycles. The molecule has 1 N–H and O–H groups in total. The van der Waals surface area contributed by atoms with Gasteiger partial charge in [-0.25, -0.2) is 0 Å². The third-order valence-corrected chi connectivity index (χ3v) is 20.7. The van der Waals surface area contributed by atoms with Crippen LogP contribution in [0.4, 0.5) is 0 Å². The van der Waals surface area contributed by atoms with Gasteiger partial charge in [-0.3, -0.25) is 9.97 Å². The van der Waals surface area contributed by atoms with E-state index < -0.39 is 0 Å². The van der Waals surface area contributed by atoms with Gasteiger partial charge in [-0.15, -0.1) is 23.8 Å². The molecule has 0 radical (unpaired) electrons. The van der Waals surface area contributed by atoms with Gasteiger partial charge in [0.2, 0.25) is 0 Å². The largest absolute Gasteiger partial charge is 0.507 e. The molecule has 450 valence electrons. The van der Waals surface area contributed by atoms with Gasteiger partial charge < -0.3 is 5.11 Å². The van der Waals surface area contributed by atoms with Crippen LogP contribution in [0.1, 0.15) is 234 Å². The Balaban J connectivity index is 0.00000768. The van der Waals surface area contributed by atoms with Crippen molar-refractivity contribution in [1.82, 2.24) is 9.97 Å². The van der Waals surface area contributed by atoms with Crippen molar-refractivity contribution in [2.75, 3.05) is 0 Å². The molecular formula is C82H95N2OPt-. The van der Waals surface area contributed by atoms with Gasteiger partial charge in [0.1, 0.15) is 5.75 Å². The summed E-state index contributed by atoms with van der Waals surface area (Å²) >= 11 is 0. The van der Waals surface area contributed by atoms with Crippen molar-refractivity contribution in [3.8, 4) is 84.0 Å². The van der Waals surface area contributed by atoms with Crippen molar-refractivity contribution in [2.45, 2.75) is 232 Å². The quantitative estimate of drug-likeness (QED) is 0.162. The molecule has 0 unspecified atom stereocenters. The Hall–Kier alpha value is -5.89. The molecule has 2 heterocycles. The van der Waals surface area contributed by atoms with Crippen LogP contribution in [0.3, 0.4) is 0 Å². The van der Waals surface area contributed by atoms with Gasteiger partial charge >= 0.3 is 0 Å². The van der Waals surface area contributed by atoms with E-state index in [0.717, 1.165) is 70.6 Å². The van der Waals surface area contributed by atoms with Gasteiger partial charge in [0, 0.05) is 44.2 Å². The molecular weight excluding hydrogens is 1220 g/mol. The molecule has 0 bridgehead atoms.